The number of halogens is 1. The summed E-state index contributed by atoms with van der Waals surface area (Å²) >= 11 is 6.31. The number of para-hydroxylation sites is 2. The van der Waals surface area contributed by atoms with Gasteiger partial charge in [-0.15, -0.1) is 0 Å². The summed E-state index contributed by atoms with van der Waals surface area (Å²) in [5, 5.41) is 0.409. The van der Waals surface area contributed by atoms with Crippen molar-refractivity contribution in [2.75, 3.05) is 26.3 Å². The van der Waals surface area contributed by atoms with Gasteiger partial charge in [0.05, 0.1) is 16.1 Å². The number of aromatic nitrogens is 2. The number of ether oxygens (including phenoxy) is 2. The molecule has 3 aromatic rings. The number of rotatable bonds is 2. The molecule has 0 spiro atoms. The molecule has 1 fully saturated rings. The highest BCUT2D eigenvalue weighted by atomic mass is 35.5. The van der Waals surface area contributed by atoms with Gasteiger partial charge in [0.15, 0.2) is 11.5 Å². The molecule has 28 heavy (non-hydrogen) atoms. The first-order valence-corrected chi connectivity index (χ1v) is 9.90. The zero-order valence-electron chi connectivity index (χ0n) is 15.3. The van der Waals surface area contributed by atoms with Gasteiger partial charge in [0, 0.05) is 24.6 Å². The standard InChI is InChI=1S/C21H20ClN3O3/c22-15-10-14(11-18-19(15)28-9-8-27-18)21(26)25-7-3-4-13(12-25)20-23-16-5-1-2-6-17(16)24-20/h1-2,5-6,10-11,13H,3-4,7-9,12H2,(H,23,24). The molecule has 2 aliphatic heterocycles. The van der Waals surface area contributed by atoms with Crippen molar-refractivity contribution in [1.29, 1.82) is 0 Å². The lowest BCUT2D eigenvalue weighted by Crippen LogP contribution is -2.39. The van der Waals surface area contributed by atoms with E-state index in [1.165, 1.54) is 0 Å². The van der Waals surface area contributed by atoms with Crippen LogP contribution in [-0.4, -0.2) is 47.1 Å². The Morgan fingerprint density at radius 1 is 1.21 bits per heavy atom. The first-order chi connectivity index (χ1) is 13.7. The van der Waals surface area contributed by atoms with Crippen LogP contribution in [0.1, 0.15) is 34.9 Å². The second-order valence-electron chi connectivity index (χ2n) is 7.21. The van der Waals surface area contributed by atoms with E-state index in [-0.39, 0.29) is 11.8 Å². The number of hydrogen-bond acceptors (Lipinski definition) is 4. The molecule has 5 rings (SSSR count). The van der Waals surface area contributed by atoms with Crippen molar-refractivity contribution in [2.45, 2.75) is 18.8 Å². The molecular weight excluding hydrogens is 378 g/mol. The van der Waals surface area contributed by atoms with Crippen LogP contribution in [0.3, 0.4) is 0 Å². The van der Waals surface area contributed by atoms with Crippen LogP contribution in [0.5, 0.6) is 11.5 Å². The van der Waals surface area contributed by atoms with Crippen molar-refractivity contribution in [3.63, 3.8) is 0 Å². The first kappa shape index (κ1) is 17.4. The van der Waals surface area contributed by atoms with E-state index in [4.69, 9.17) is 26.1 Å². The minimum atomic E-state index is -0.0420. The lowest BCUT2D eigenvalue weighted by molar-refractivity contribution is 0.0704. The molecule has 7 heteroatoms. The number of fused-ring (bicyclic) bond motifs is 2. The zero-order chi connectivity index (χ0) is 19.1. The highest BCUT2D eigenvalue weighted by molar-refractivity contribution is 6.32. The molecule has 1 amide bonds. The molecule has 144 valence electrons. The van der Waals surface area contributed by atoms with Crippen molar-refractivity contribution in [1.82, 2.24) is 14.9 Å². The Morgan fingerprint density at radius 3 is 2.96 bits per heavy atom. The van der Waals surface area contributed by atoms with Crippen molar-refractivity contribution < 1.29 is 14.3 Å². The number of carbonyl (C=O) groups excluding carboxylic acids is 1. The SMILES string of the molecule is O=C(c1cc(Cl)c2c(c1)OCCO2)N1CCCC(c2nc3ccccc3[nH]2)C1. The summed E-state index contributed by atoms with van der Waals surface area (Å²) in [4.78, 5) is 23.1. The van der Waals surface area contributed by atoms with E-state index in [1.54, 1.807) is 12.1 Å². The number of carbonyl (C=O) groups is 1. The fraction of sp³-hybridized carbons (Fsp3) is 0.333. The van der Waals surface area contributed by atoms with Gasteiger partial charge in [-0.2, -0.15) is 0 Å². The van der Waals surface area contributed by atoms with Gasteiger partial charge in [-0.05, 0) is 37.1 Å². The number of nitrogens with one attached hydrogen (secondary N) is 1. The molecule has 0 aliphatic carbocycles. The van der Waals surface area contributed by atoms with Crippen LogP contribution in [0.15, 0.2) is 36.4 Å². The third-order valence-corrected chi connectivity index (χ3v) is 5.63. The van der Waals surface area contributed by atoms with Crippen LogP contribution in [0.2, 0.25) is 5.02 Å². The van der Waals surface area contributed by atoms with E-state index < -0.39 is 0 Å². The van der Waals surface area contributed by atoms with Crippen molar-refractivity contribution in [2.24, 2.45) is 0 Å². The zero-order valence-corrected chi connectivity index (χ0v) is 16.0. The number of nitrogens with zero attached hydrogens (tertiary/aromatic N) is 2. The second-order valence-corrected chi connectivity index (χ2v) is 7.62. The van der Waals surface area contributed by atoms with Gasteiger partial charge in [0.1, 0.15) is 19.0 Å². The van der Waals surface area contributed by atoms with Crippen molar-refractivity contribution in [3.05, 3.63) is 52.8 Å². The molecule has 0 saturated carbocycles. The summed E-state index contributed by atoms with van der Waals surface area (Å²) in [6, 6.07) is 11.4. The molecule has 0 bridgehead atoms. The number of likely N-dealkylation sites (tertiary alicyclic amines) is 1. The van der Waals surface area contributed by atoms with Gasteiger partial charge in [0.25, 0.3) is 5.91 Å². The maximum absolute atomic E-state index is 13.1. The third-order valence-electron chi connectivity index (χ3n) is 5.35. The number of benzene rings is 2. The quantitative estimate of drug-likeness (QED) is 0.709. The van der Waals surface area contributed by atoms with Gasteiger partial charge in [0.2, 0.25) is 0 Å². The minimum Gasteiger partial charge on any atom is -0.486 e. The second kappa shape index (κ2) is 7.02. The molecule has 1 N–H and O–H groups in total. The summed E-state index contributed by atoms with van der Waals surface area (Å²) in [5.74, 6) is 2.15. The fourth-order valence-corrected chi connectivity index (χ4v) is 4.23. The maximum Gasteiger partial charge on any atom is 0.254 e. The minimum absolute atomic E-state index is 0.0420. The third kappa shape index (κ3) is 3.07. The fourth-order valence-electron chi connectivity index (χ4n) is 3.97. The molecule has 3 heterocycles. The number of aromatic amines is 1. The van der Waals surface area contributed by atoms with Gasteiger partial charge in [-0.25, -0.2) is 4.98 Å². The molecule has 0 radical (unpaired) electrons. The Morgan fingerprint density at radius 2 is 2.07 bits per heavy atom. The Labute approximate surface area is 167 Å². The molecule has 1 saturated heterocycles. The Kier molecular flexibility index (Phi) is 4.36. The van der Waals surface area contributed by atoms with Crippen LogP contribution in [-0.2, 0) is 0 Å². The molecule has 6 nitrogen and oxygen atoms in total. The smallest absolute Gasteiger partial charge is 0.254 e. The number of hydrogen-bond donors (Lipinski definition) is 1. The van der Waals surface area contributed by atoms with E-state index >= 15 is 0 Å². The predicted molar refractivity (Wildman–Crippen MR) is 106 cm³/mol. The number of H-pyrrole nitrogens is 1. The van der Waals surface area contributed by atoms with Crippen LogP contribution >= 0.6 is 11.6 Å². The van der Waals surface area contributed by atoms with Gasteiger partial charge in [-0.3, -0.25) is 4.79 Å². The molecule has 1 unspecified atom stereocenters. The monoisotopic (exact) mass is 397 g/mol. The molecule has 2 aromatic carbocycles. The lowest BCUT2D eigenvalue weighted by atomic mass is 9.96. The van der Waals surface area contributed by atoms with E-state index in [0.717, 1.165) is 36.2 Å². The average Bonchev–Trinajstić information content (AvgIpc) is 3.18. The highest BCUT2D eigenvalue weighted by Crippen LogP contribution is 2.39. The number of imidazole rings is 1. The highest BCUT2D eigenvalue weighted by Gasteiger charge is 2.29. The van der Waals surface area contributed by atoms with Crippen LogP contribution < -0.4 is 9.47 Å². The summed E-state index contributed by atoms with van der Waals surface area (Å²) in [7, 11) is 0. The Bertz CT molecular complexity index is 1020. The Balaban J connectivity index is 1.39. The van der Waals surface area contributed by atoms with Gasteiger partial charge >= 0.3 is 0 Å². The van der Waals surface area contributed by atoms with Crippen LogP contribution in [0.4, 0.5) is 0 Å². The maximum atomic E-state index is 13.1. The topological polar surface area (TPSA) is 67.5 Å². The number of amides is 1. The summed E-state index contributed by atoms with van der Waals surface area (Å²) < 4.78 is 11.2. The summed E-state index contributed by atoms with van der Waals surface area (Å²) in [6.07, 6.45) is 1.94. The van der Waals surface area contributed by atoms with Gasteiger partial charge in [-0.1, -0.05) is 23.7 Å². The molecule has 2 aliphatic rings. The average molecular weight is 398 g/mol. The van der Waals surface area contributed by atoms with Gasteiger partial charge < -0.3 is 19.4 Å². The van der Waals surface area contributed by atoms with E-state index in [9.17, 15) is 4.79 Å². The van der Waals surface area contributed by atoms with E-state index in [0.29, 0.717) is 41.8 Å². The molecule has 1 atom stereocenters. The summed E-state index contributed by atoms with van der Waals surface area (Å²) in [6.45, 7) is 2.27. The molecular formula is C21H20ClN3O3. The first-order valence-electron chi connectivity index (χ1n) is 9.52. The normalized spacial score (nSPS) is 19.0. The number of piperidine rings is 1. The van der Waals surface area contributed by atoms with E-state index in [1.807, 2.05) is 29.2 Å². The Hall–Kier alpha value is -2.73. The predicted octanol–water partition coefficient (Wildman–Crippen LogP) is 4.01. The van der Waals surface area contributed by atoms with Crippen molar-refractivity contribution >= 4 is 28.5 Å². The molecule has 1 aromatic heterocycles. The van der Waals surface area contributed by atoms with Crippen LogP contribution in [0.25, 0.3) is 11.0 Å². The van der Waals surface area contributed by atoms with E-state index in [2.05, 4.69) is 4.98 Å². The summed E-state index contributed by atoms with van der Waals surface area (Å²) in [5.41, 5.74) is 2.51. The lowest BCUT2D eigenvalue weighted by Gasteiger charge is -2.32. The van der Waals surface area contributed by atoms with Crippen LogP contribution in [0, 0.1) is 0 Å². The van der Waals surface area contributed by atoms with Crippen molar-refractivity contribution in [3.8, 4) is 11.5 Å². The largest absolute Gasteiger partial charge is 0.486 e.